The lowest BCUT2D eigenvalue weighted by Crippen LogP contribution is -2.36. The first-order valence-electron chi connectivity index (χ1n) is 8.26. The van der Waals surface area contributed by atoms with Gasteiger partial charge in [0.2, 0.25) is 0 Å². The number of hydrogen-bond acceptors (Lipinski definition) is 5. The molecule has 134 valence electrons. The Morgan fingerprint density at radius 2 is 1.76 bits per heavy atom. The molecule has 0 bridgehead atoms. The predicted octanol–water partition coefficient (Wildman–Crippen LogP) is 3.91. The third kappa shape index (κ3) is 3.93. The molecule has 5 nitrogen and oxygen atoms in total. The number of nitrogens with zero attached hydrogens (tertiary/aromatic N) is 1. The van der Waals surface area contributed by atoms with E-state index in [2.05, 4.69) is 4.99 Å². The first-order valence-corrected chi connectivity index (χ1v) is 8.64. The van der Waals surface area contributed by atoms with Gasteiger partial charge >= 0.3 is 11.9 Å². The molecule has 0 aromatic heterocycles. The van der Waals surface area contributed by atoms with Crippen molar-refractivity contribution >= 4 is 29.3 Å². The van der Waals surface area contributed by atoms with E-state index >= 15 is 0 Å². The number of hydrogen-bond donors (Lipinski definition) is 0. The fourth-order valence-corrected chi connectivity index (χ4v) is 3.37. The number of allylic oxidation sites excluding steroid dienone is 1. The van der Waals surface area contributed by atoms with Gasteiger partial charge < -0.3 is 9.47 Å². The van der Waals surface area contributed by atoms with E-state index in [4.69, 9.17) is 21.1 Å². The number of ether oxygens (including phenoxy) is 2. The van der Waals surface area contributed by atoms with E-state index in [1.807, 2.05) is 12.1 Å². The molecule has 0 fully saturated rings. The second-order valence-electron chi connectivity index (χ2n) is 5.70. The van der Waals surface area contributed by atoms with E-state index in [0.717, 1.165) is 0 Å². The molecular formula is C19H22ClNO4. The molecular weight excluding hydrogens is 342 g/mol. The summed E-state index contributed by atoms with van der Waals surface area (Å²) in [5.74, 6) is -2.23. The number of carbonyl (C=O) groups is 2. The lowest BCUT2D eigenvalue weighted by atomic mass is 9.75. The van der Waals surface area contributed by atoms with Crippen molar-refractivity contribution in [1.82, 2.24) is 0 Å². The lowest BCUT2D eigenvalue weighted by molar-refractivity contribution is -0.146. The van der Waals surface area contributed by atoms with E-state index in [9.17, 15) is 9.59 Å². The van der Waals surface area contributed by atoms with Crippen molar-refractivity contribution in [1.29, 1.82) is 0 Å². The van der Waals surface area contributed by atoms with Crippen molar-refractivity contribution in [3.8, 4) is 0 Å². The number of halogens is 1. The molecule has 6 heteroatoms. The van der Waals surface area contributed by atoms with Crippen LogP contribution >= 0.6 is 11.6 Å². The molecule has 0 saturated heterocycles. The van der Waals surface area contributed by atoms with Gasteiger partial charge in [-0.3, -0.25) is 9.79 Å². The highest BCUT2D eigenvalue weighted by Gasteiger charge is 2.43. The highest BCUT2D eigenvalue weighted by Crippen LogP contribution is 2.42. The summed E-state index contributed by atoms with van der Waals surface area (Å²) < 4.78 is 10.4. The van der Waals surface area contributed by atoms with Crippen LogP contribution in [0.4, 0.5) is 0 Å². The largest absolute Gasteiger partial charge is 0.465 e. The Morgan fingerprint density at radius 3 is 2.36 bits per heavy atom. The van der Waals surface area contributed by atoms with Gasteiger partial charge in [-0.15, -0.1) is 0 Å². The molecule has 0 saturated carbocycles. The van der Waals surface area contributed by atoms with Gasteiger partial charge in [-0.1, -0.05) is 29.8 Å². The standard InChI is InChI=1S/C19H22ClNO4/c1-5-24-18(22)15-11(3)21-12(4)16(19(23)25-6-2)17(15)13-9-7-8-10-14(13)20/h7-10,15,17H,5-6H2,1-4H3. The van der Waals surface area contributed by atoms with E-state index in [1.165, 1.54) is 0 Å². The van der Waals surface area contributed by atoms with Gasteiger partial charge in [-0.05, 0) is 39.3 Å². The maximum Gasteiger partial charge on any atom is 0.336 e. The number of rotatable bonds is 5. The molecule has 0 radical (unpaired) electrons. The van der Waals surface area contributed by atoms with Crippen LogP contribution in [0.25, 0.3) is 0 Å². The summed E-state index contributed by atoms with van der Waals surface area (Å²) in [6.45, 7) is 7.45. The molecule has 2 atom stereocenters. The molecule has 0 amide bonds. The predicted molar refractivity (Wildman–Crippen MR) is 96.8 cm³/mol. The van der Waals surface area contributed by atoms with Crippen molar-refractivity contribution in [3.05, 3.63) is 46.1 Å². The zero-order valence-electron chi connectivity index (χ0n) is 14.8. The number of esters is 2. The van der Waals surface area contributed by atoms with Crippen LogP contribution in [-0.4, -0.2) is 30.9 Å². The van der Waals surface area contributed by atoms with Crippen LogP contribution in [0.1, 0.15) is 39.2 Å². The lowest BCUT2D eigenvalue weighted by Gasteiger charge is -2.31. The summed E-state index contributed by atoms with van der Waals surface area (Å²) in [5.41, 5.74) is 2.15. The molecule has 0 aliphatic carbocycles. The number of aliphatic imine (C=N–C) groups is 1. The Labute approximate surface area is 152 Å². The van der Waals surface area contributed by atoms with Crippen LogP contribution in [0.2, 0.25) is 5.02 Å². The Balaban J connectivity index is 2.65. The zero-order valence-corrected chi connectivity index (χ0v) is 15.6. The van der Waals surface area contributed by atoms with E-state index < -0.39 is 23.8 Å². The number of benzene rings is 1. The van der Waals surface area contributed by atoms with Crippen LogP contribution in [0, 0.1) is 5.92 Å². The van der Waals surface area contributed by atoms with Crippen molar-refractivity contribution < 1.29 is 19.1 Å². The van der Waals surface area contributed by atoms with Crippen LogP contribution in [-0.2, 0) is 19.1 Å². The van der Waals surface area contributed by atoms with Crippen LogP contribution in [0.3, 0.4) is 0 Å². The minimum absolute atomic E-state index is 0.234. The van der Waals surface area contributed by atoms with Crippen molar-refractivity contribution in [2.24, 2.45) is 10.9 Å². The summed E-state index contributed by atoms with van der Waals surface area (Å²) in [6, 6.07) is 7.17. The highest BCUT2D eigenvalue weighted by molar-refractivity contribution is 6.31. The Hall–Kier alpha value is -2.14. The van der Waals surface area contributed by atoms with Gasteiger partial charge in [-0.2, -0.15) is 0 Å². The van der Waals surface area contributed by atoms with Gasteiger partial charge in [-0.25, -0.2) is 4.79 Å². The first-order chi connectivity index (χ1) is 11.9. The van der Waals surface area contributed by atoms with Gasteiger partial charge in [0, 0.05) is 22.3 Å². The summed E-state index contributed by atoms with van der Waals surface area (Å²) >= 11 is 6.38. The Morgan fingerprint density at radius 1 is 1.12 bits per heavy atom. The van der Waals surface area contributed by atoms with Crippen LogP contribution in [0.15, 0.2) is 40.5 Å². The molecule has 1 heterocycles. The molecule has 1 aromatic carbocycles. The van der Waals surface area contributed by atoms with Crippen molar-refractivity contribution in [3.63, 3.8) is 0 Å². The van der Waals surface area contributed by atoms with Crippen LogP contribution < -0.4 is 0 Å². The quantitative estimate of drug-likeness (QED) is 0.744. The molecule has 1 aliphatic rings. The highest BCUT2D eigenvalue weighted by atomic mass is 35.5. The molecule has 0 spiro atoms. The minimum Gasteiger partial charge on any atom is -0.465 e. The Bertz CT molecular complexity index is 739. The average Bonchev–Trinajstić information content (AvgIpc) is 2.54. The van der Waals surface area contributed by atoms with E-state index in [1.54, 1.807) is 39.8 Å². The van der Waals surface area contributed by atoms with Gasteiger partial charge in [0.05, 0.1) is 18.8 Å². The molecule has 0 N–H and O–H groups in total. The van der Waals surface area contributed by atoms with Gasteiger partial charge in [0.15, 0.2) is 0 Å². The van der Waals surface area contributed by atoms with Crippen LogP contribution in [0.5, 0.6) is 0 Å². The third-order valence-electron chi connectivity index (χ3n) is 4.10. The third-order valence-corrected chi connectivity index (χ3v) is 4.45. The second kappa shape index (κ2) is 8.30. The monoisotopic (exact) mass is 363 g/mol. The van der Waals surface area contributed by atoms with E-state index in [0.29, 0.717) is 27.6 Å². The SMILES string of the molecule is CCOC(=O)C1=C(C)N=C(C)C(C(=O)OCC)C1c1ccccc1Cl. The summed E-state index contributed by atoms with van der Waals surface area (Å²) in [6.07, 6.45) is 0. The molecule has 1 aromatic rings. The zero-order chi connectivity index (χ0) is 18.6. The van der Waals surface area contributed by atoms with Gasteiger partial charge in [0.25, 0.3) is 0 Å². The second-order valence-corrected chi connectivity index (χ2v) is 6.11. The van der Waals surface area contributed by atoms with Crippen molar-refractivity contribution in [2.45, 2.75) is 33.6 Å². The average molecular weight is 364 g/mol. The van der Waals surface area contributed by atoms with Crippen molar-refractivity contribution in [2.75, 3.05) is 13.2 Å². The molecule has 2 rings (SSSR count). The minimum atomic E-state index is -0.719. The molecule has 1 aliphatic heterocycles. The maximum absolute atomic E-state index is 12.6. The summed E-state index contributed by atoms with van der Waals surface area (Å²) in [5, 5.41) is 0.478. The van der Waals surface area contributed by atoms with E-state index in [-0.39, 0.29) is 13.2 Å². The fourth-order valence-electron chi connectivity index (χ4n) is 3.11. The molecule has 2 unspecified atom stereocenters. The Kier molecular flexibility index (Phi) is 6.37. The molecule has 25 heavy (non-hydrogen) atoms. The summed E-state index contributed by atoms with van der Waals surface area (Å²) in [4.78, 5) is 29.6. The van der Waals surface area contributed by atoms with Gasteiger partial charge in [0.1, 0.15) is 5.92 Å². The fraction of sp³-hybridized carbons (Fsp3) is 0.421. The maximum atomic E-state index is 12.6. The topological polar surface area (TPSA) is 65.0 Å². The number of carbonyl (C=O) groups excluding carboxylic acids is 2. The first kappa shape index (κ1) is 19.2. The summed E-state index contributed by atoms with van der Waals surface area (Å²) in [7, 11) is 0. The smallest absolute Gasteiger partial charge is 0.336 e. The normalized spacial score (nSPS) is 20.1.